The summed E-state index contributed by atoms with van der Waals surface area (Å²) < 4.78 is 0. The van der Waals surface area contributed by atoms with E-state index >= 15 is 0 Å². The van der Waals surface area contributed by atoms with E-state index in [1.54, 1.807) is 11.8 Å². The Morgan fingerprint density at radius 1 is 1.21 bits per heavy atom. The van der Waals surface area contributed by atoms with Gasteiger partial charge in [-0.1, -0.05) is 18.6 Å². The minimum Gasteiger partial charge on any atom is -0.327 e. The Kier molecular flexibility index (Phi) is 3.14. The van der Waals surface area contributed by atoms with Gasteiger partial charge >= 0.3 is 0 Å². The van der Waals surface area contributed by atoms with Crippen molar-refractivity contribution >= 4 is 11.8 Å². The van der Waals surface area contributed by atoms with Gasteiger partial charge in [-0.25, -0.2) is 0 Å². The number of benzene rings is 1. The Hall–Kier alpha value is -0.470. The van der Waals surface area contributed by atoms with Gasteiger partial charge in [0.1, 0.15) is 0 Å². The van der Waals surface area contributed by atoms with Crippen molar-refractivity contribution in [3.63, 3.8) is 0 Å². The molecule has 2 atom stereocenters. The molecule has 1 nitrogen and oxygen atoms in total. The highest BCUT2D eigenvalue weighted by molar-refractivity contribution is 7.98. The van der Waals surface area contributed by atoms with E-state index in [-0.39, 0.29) is 0 Å². The summed E-state index contributed by atoms with van der Waals surface area (Å²) in [6.45, 7) is 0. The molecule has 2 rings (SSSR count). The lowest BCUT2D eigenvalue weighted by Crippen LogP contribution is -2.22. The smallest absolute Gasteiger partial charge is 0.0108 e. The Labute approximate surface area is 90.1 Å². The quantitative estimate of drug-likeness (QED) is 0.754. The van der Waals surface area contributed by atoms with Crippen LogP contribution in [-0.4, -0.2) is 12.3 Å². The third-order valence-corrected chi connectivity index (χ3v) is 3.86. The predicted molar refractivity (Wildman–Crippen MR) is 62.8 cm³/mol. The van der Waals surface area contributed by atoms with Gasteiger partial charge in [0.2, 0.25) is 0 Å². The summed E-state index contributed by atoms with van der Waals surface area (Å²) in [5.41, 5.74) is 7.50. The molecule has 1 aliphatic rings. The maximum Gasteiger partial charge on any atom is 0.0108 e. The fraction of sp³-hybridized carbons (Fsp3) is 0.500. The highest BCUT2D eigenvalue weighted by Crippen LogP contribution is 2.33. The number of nitrogens with two attached hydrogens (primary N) is 1. The molecule has 0 aliphatic heterocycles. The van der Waals surface area contributed by atoms with Crippen molar-refractivity contribution in [1.29, 1.82) is 0 Å². The van der Waals surface area contributed by atoms with E-state index < -0.39 is 0 Å². The zero-order valence-corrected chi connectivity index (χ0v) is 9.39. The predicted octanol–water partition coefficient (Wildman–Crippen LogP) is 3.00. The van der Waals surface area contributed by atoms with Crippen LogP contribution in [0, 0.1) is 0 Å². The van der Waals surface area contributed by atoms with Crippen molar-refractivity contribution in [2.75, 3.05) is 6.26 Å². The average Bonchev–Trinajstić information content (AvgIpc) is 2.65. The van der Waals surface area contributed by atoms with Gasteiger partial charge in [0, 0.05) is 10.9 Å². The van der Waals surface area contributed by atoms with Crippen molar-refractivity contribution in [1.82, 2.24) is 0 Å². The largest absolute Gasteiger partial charge is 0.327 e. The fourth-order valence-corrected chi connectivity index (χ4v) is 2.66. The van der Waals surface area contributed by atoms with Crippen LogP contribution in [0.15, 0.2) is 29.2 Å². The van der Waals surface area contributed by atoms with Gasteiger partial charge in [0.15, 0.2) is 0 Å². The van der Waals surface area contributed by atoms with Crippen molar-refractivity contribution < 1.29 is 0 Å². The van der Waals surface area contributed by atoms with Crippen LogP contribution < -0.4 is 5.73 Å². The second-order valence-electron chi connectivity index (χ2n) is 3.97. The lowest BCUT2D eigenvalue weighted by Gasteiger charge is -2.15. The highest BCUT2D eigenvalue weighted by Gasteiger charge is 2.24. The Balaban J connectivity index is 2.16. The maximum absolute atomic E-state index is 6.08. The van der Waals surface area contributed by atoms with Gasteiger partial charge in [0.25, 0.3) is 0 Å². The van der Waals surface area contributed by atoms with Crippen LogP contribution in [0.1, 0.15) is 30.7 Å². The maximum atomic E-state index is 6.08. The topological polar surface area (TPSA) is 26.0 Å². The van der Waals surface area contributed by atoms with Crippen molar-refractivity contribution in [2.24, 2.45) is 5.73 Å². The van der Waals surface area contributed by atoms with Crippen molar-refractivity contribution in [2.45, 2.75) is 36.1 Å². The lowest BCUT2D eigenvalue weighted by molar-refractivity contribution is 0.613. The monoisotopic (exact) mass is 207 g/mol. The SMILES string of the molecule is CSc1ccc([C@H]2CCC[C@H]2N)cc1. The van der Waals surface area contributed by atoms with Crippen LogP contribution in [0.25, 0.3) is 0 Å². The second kappa shape index (κ2) is 4.37. The summed E-state index contributed by atoms with van der Waals surface area (Å²) in [6.07, 6.45) is 5.85. The van der Waals surface area contributed by atoms with Crippen LogP contribution in [0.2, 0.25) is 0 Å². The van der Waals surface area contributed by atoms with E-state index in [0.29, 0.717) is 12.0 Å². The summed E-state index contributed by atoms with van der Waals surface area (Å²) >= 11 is 1.79. The zero-order valence-electron chi connectivity index (χ0n) is 8.57. The second-order valence-corrected chi connectivity index (χ2v) is 4.85. The van der Waals surface area contributed by atoms with E-state index in [1.165, 1.54) is 29.7 Å². The average molecular weight is 207 g/mol. The van der Waals surface area contributed by atoms with E-state index in [1.807, 2.05) is 0 Å². The third kappa shape index (κ3) is 1.96. The third-order valence-electron chi connectivity index (χ3n) is 3.11. The molecule has 1 aromatic carbocycles. The molecule has 0 bridgehead atoms. The summed E-state index contributed by atoms with van der Waals surface area (Å²) in [5, 5.41) is 0. The van der Waals surface area contributed by atoms with Crippen molar-refractivity contribution in [3.05, 3.63) is 29.8 Å². The summed E-state index contributed by atoms with van der Waals surface area (Å²) in [5.74, 6) is 0.603. The van der Waals surface area contributed by atoms with Gasteiger partial charge in [-0.05, 0) is 42.7 Å². The zero-order chi connectivity index (χ0) is 9.97. The first-order valence-corrected chi connectivity index (χ1v) is 6.43. The summed E-state index contributed by atoms with van der Waals surface area (Å²) in [7, 11) is 0. The molecule has 0 aromatic heterocycles. The molecule has 1 fully saturated rings. The van der Waals surface area contributed by atoms with Gasteiger partial charge in [-0.3, -0.25) is 0 Å². The molecule has 2 N–H and O–H groups in total. The molecule has 76 valence electrons. The van der Waals surface area contributed by atoms with Crippen molar-refractivity contribution in [3.8, 4) is 0 Å². The molecular weight excluding hydrogens is 190 g/mol. The van der Waals surface area contributed by atoms with Crippen LogP contribution >= 0.6 is 11.8 Å². The normalized spacial score (nSPS) is 26.7. The van der Waals surface area contributed by atoms with E-state index in [0.717, 1.165) is 0 Å². The molecule has 0 spiro atoms. The number of hydrogen-bond acceptors (Lipinski definition) is 2. The molecule has 2 heteroatoms. The first-order valence-electron chi connectivity index (χ1n) is 5.21. The molecule has 14 heavy (non-hydrogen) atoms. The minimum absolute atomic E-state index is 0.384. The fourth-order valence-electron chi connectivity index (χ4n) is 2.25. The highest BCUT2D eigenvalue weighted by atomic mass is 32.2. The number of rotatable bonds is 2. The number of thioether (sulfide) groups is 1. The molecule has 0 amide bonds. The number of hydrogen-bond donors (Lipinski definition) is 1. The lowest BCUT2D eigenvalue weighted by atomic mass is 9.95. The van der Waals surface area contributed by atoms with Crippen LogP contribution in [0.3, 0.4) is 0 Å². The summed E-state index contributed by atoms with van der Waals surface area (Å²) in [6, 6.07) is 9.26. The standard InChI is InChI=1S/C12H17NS/c1-14-10-7-5-9(6-8-10)11-3-2-4-12(11)13/h5-8,11-12H,2-4,13H2,1H3/t11-,12-/m1/s1. The molecule has 1 aliphatic carbocycles. The molecule has 0 radical (unpaired) electrons. The van der Waals surface area contributed by atoms with Gasteiger partial charge in [0.05, 0.1) is 0 Å². The van der Waals surface area contributed by atoms with Gasteiger partial charge in [-0.2, -0.15) is 0 Å². The molecule has 1 aromatic rings. The Bertz CT molecular complexity index is 294. The van der Waals surface area contributed by atoms with Crippen LogP contribution in [0.5, 0.6) is 0 Å². The van der Waals surface area contributed by atoms with Crippen LogP contribution in [0.4, 0.5) is 0 Å². The minimum atomic E-state index is 0.384. The Morgan fingerprint density at radius 3 is 2.43 bits per heavy atom. The molecule has 1 saturated carbocycles. The van der Waals surface area contributed by atoms with E-state index in [9.17, 15) is 0 Å². The summed E-state index contributed by atoms with van der Waals surface area (Å²) in [4.78, 5) is 1.33. The van der Waals surface area contributed by atoms with E-state index in [4.69, 9.17) is 5.73 Å². The first-order chi connectivity index (χ1) is 6.81. The molecule has 0 saturated heterocycles. The van der Waals surface area contributed by atoms with E-state index in [2.05, 4.69) is 30.5 Å². The molecule has 0 unspecified atom stereocenters. The van der Waals surface area contributed by atoms with Gasteiger partial charge < -0.3 is 5.73 Å². The first kappa shape index (κ1) is 10.1. The molecule has 0 heterocycles. The molecular formula is C12H17NS. The Morgan fingerprint density at radius 2 is 1.93 bits per heavy atom. The van der Waals surface area contributed by atoms with Crippen LogP contribution in [-0.2, 0) is 0 Å². The van der Waals surface area contributed by atoms with Gasteiger partial charge in [-0.15, -0.1) is 11.8 Å².